The molecule has 2 aliphatic heterocycles. The molecule has 1 spiro atoms. The van der Waals surface area contributed by atoms with Gasteiger partial charge in [0.1, 0.15) is 11.3 Å². The second-order valence-electron chi connectivity index (χ2n) is 9.13. The predicted octanol–water partition coefficient (Wildman–Crippen LogP) is 2.51. The van der Waals surface area contributed by atoms with E-state index in [1.165, 1.54) is 16.7 Å². The van der Waals surface area contributed by atoms with Crippen LogP contribution in [0, 0.1) is 13.8 Å². The van der Waals surface area contributed by atoms with Crippen molar-refractivity contribution < 1.29 is 9.53 Å². The lowest BCUT2D eigenvalue weighted by Gasteiger charge is -2.47. The van der Waals surface area contributed by atoms with Gasteiger partial charge in [0, 0.05) is 44.1 Å². The number of piperidine rings is 1. The summed E-state index contributed by atoms with van der Waals surface area (Å²) < 4.78 is 5.42. The highest BCUT2D eigenvalue weighted by atomic mass is 16.5. The van der Waals surface area contributed by atoms with Gasteiger partial charge in [-0.05, 0) is 68.0 Å². The first-order valence-corrected chi connectivity index (χ1v) is 11.5. The molecule has 2 saturated heterocycles. The van der Waals surface area contributed by atoms with Crippen LogP contribution in [0.4, 0.5) is 5.95 Å². The summed E-state index contributed by atoms with van der Waals surface area (Å²) in [4.78, 5) is 27.1. The van der Waals surface area contributed by atoms with Gasteiger partial charge in [-0.25, -0.2) is 9.97 Å². The number of nitrogens with zero attached hydrogens (tertiary/aromatic N) is 4. The van der Waals surface area contributed by atoms with Crippen LogP contribution in [-0.2, 0) is 11.2 Å². The first-order valence-electron chi connectivity index (χ1n) is 11.5. The molecule has 0 unspecified atom stereocenters. The number of amides is 1. The van der Waals surface area contributed by atoms with Crippen LogP contribution in [-0.4, -0.2) is 66.1 Å². The average molecular weight is 434 g/mol. The number of methoxy groups -OCH3 is 1. The molecular weight excluding hydrogens is 402 g/mol. The van der Waals surface area contributed by atoms with E-state index in [0.29, 0.717) is 6.54 Å². The van der Waals surface area contributed by atoms with Crippen LogP contribution in [0.5, 0.6) is 5.75 Å². The molecule has 32 heavy (non-hydrogen) atoms. The van der Waals surface area contributed by atoms with Crippen molar-refractivity contribution in [2.75, 3.05) is 44.7 Å². The van der Waals surface area contributed by atoms with Crippen LogP contribution < -0.4 is 15.0 Å². The third-order valence-corrected chi connectivity index (χ3v) is 7.00. The van der Waals surface area contributed by atoms with Crippen molar-refractivity contribution in [2.24, 2.45) is 0 Å². The molecule has 2 aromatic rings. The Hall–Kier alpha value is -2.93. The van der Waals surface area contributed by atoms with Crippen LogP contribution in [0.25, 0.3) is 5.57 Å². The lowest BCUT2D eigenvalue weighted by molar-refractivity contribution is -0.141. The number of aromatic nitrogens is 2. The minimum absolute atomic E-state index is 0.224. The molecule has 3 aliphatic rings. The predicted molar refractivity (Wildman–Crippen MR) is 125 cm³/mol. The van der Waals surface area contributed by atoms with Crippen molar-refractivity contribution in [1.82, 2.24) is 20.2 Å². The molecule has 0 atom stereocenters. The number of aryl methyl sites for hydroxylation is 2. The zero-order chi connectivity index (χ0) is 22.3. The van der Waals surface area contributed by atoms with Gasteiger partial charge in [0.2, 0.25) is 11.9 Å². The lowest BCUT2D eigenvalue weighted by atomic mass is 9.84. The number of rotatable bonds is 4. The fraction of sp³-hybridized carbons (Fsp3) is 0.480. The molecule has 1 aromatic heterocycles. The summed E-state index contributed by atoms with van der Waals surface area (Å²) in [7, 11) is 1.69. The monoisotopic (exact) mass is 433 g/mol. The Morgan fingerprint density at radius 2 is 1.84 bits per heavy atom. The molecule has 2 fully saturated rings. The Morgan fingerprint density at radius 1 is 1.09 bits per heavy atom. The van der Waals surface area contributed by atoms with Crippen molar-refractivity contribution in [3.63, 3.8) is 0 Å². The van der Waals surface area contributed by atoms with Gasteiger partial charge in [-0.3, -0.25) is 4.79 Å². The van der Waals surface area contributed by atoms with Gasteiger partial charge < -0.3 is 19.9 Å². The molecule has 0 radical (unpaired) electrons. The molecule has 0 saturated carbocycles. The Balaban J connectivity index is 1.29. The first kappa shape index (κ1) is 20.9. The number of carbonyl (C=O) groups is 1. The molecule has 1 N–H and O–H groups in total. The highest BCUT2D eigenvalue weighted by molar-refractivity contribution is 5.89. The Morgan fingerprint density at radius 3 is 2.56 bits per heavy atom. The van der Waals surface area contributed by atoms with Gasteiger partial charge in [0.15, 0.2) is 0 Å². The maximum Gasteiger partial charge on any atom is 0.243 e. The molecule has 7 nitrogen and oxygen atoms in total. The number of ether oxygens (including phenoxy) is 1. The molecule has 5 rings (SSSR count). The average Bonchev–Trinajstić information content (AvgIpc) is 3.19. The highest BCUT2D eigenvalue weighted by Crippen LogP contribution is 2.34. The summed E-state index contributed by atoms with van der Waals surface area (Å²) >= 11 is 0. The van der Waals surface area contributed by atoms with Gasteiger partial charge in [0.05, 0.1) is 7.11 Å². The molecule has 168 valence electrons. The maximum absolute atomic E-state index is 13.6. The number of fused-ring (bicyclic) bond motifs is 1. The molecular formula is C25H31N5O2. The second kappa shape index (κ2) is 8.20. The number of benzene rings is 1. The third-order valence-electron chi connectivity index (χ3n) is 7.00. The maximum atomic E-state index is 13.6. The van der Waals surface area contributed by atoms with Crippen molar-refractivity contribution in [1.29, 1.82) is 0 Å². The van der Waals surface area contributed by atoms with E-state index in [4.69, 9.17) is 4.74 Å². The van der Waals surface area contributed by atoms with Crippen LogP contribution >= 0.6 is 0 Å². The highest BCUT2D eigenvalue weighted by Gasteiger charge is 2.46. The van der Waals surface area contributed by atoms with E-state index in [9.17, 15) is 4.79 Å². The van der Waals surface area contributed by atoms with Gasteiger partial charge in [-0.15, -0.1) is 0 Å². The minimum atomic E-state index is -0.482. The number of allylic oxidation sites excluding steroid dienone is 1. The van der Waals surface area contributed by atoms with E-state index in [1.807, 2.05) is 30.9 Å². The summed E-state index contributed by atoms with van der Waals surface area (Å²) in [6, 6.07) is 8.22. The van der Waals surface area contributed by atoms with Crippen LogP contribution in [0.15, 0.2) is 30.3 Å². The zero-order valence-corrected chi connectivity index (χ0v) is 19.1. The van der Waals surface area contributed by atoms with E-state index in [0.717, 1.165) is 68.5 Å². The van der Waals surface area contributed by atoms with Crippen molar-refractivity contribution >= 4 is 17.4 Å². The zero-order valence-electron chi connectivity index (χ0n) is 19.1. The lowest BCUT2D eigenvalue weighted by Crippen LogP contribution is -2.67. The topological polar surface area (TPSA) is 70.6 Å². The largest absolute Gasteiger partial charge is 0.497 e. The fourth-order valence-electron chi connectivity index (χ4n) is 5.25. The normalized spacial score (nSPS) is 19.8. The minimum Gasteiger partial charge on any atom is -0.497 e. The van der Waals surface area contributed by atoms with E-state index in [-0.39, 0.29) is 5.91 Å². The molecule has 0 bridgehead atoms. The van der Waals surface area contributed by atoms with E-state index in [1.54, 1.807) is 7.11 Å². The SMILES string of the molecule is COc1ccc2c(c1)C(CN1CCNC3(CCN(c4nc(C)cc(C)n4)CC3)C1=O)=CC2. The van der Waals surface area contributed by atoms with Crippen LogP contribution in [0.1, 0.15) is 35.4 Å². The number of piperazine rings is 1. The van der Waals surface area contributed by atoms with E-state index < -0.39 is 5.54 Å². The fourth-order valence-corrected chi connectivity index (χ4v) is 5.25. The van der Waals surface area contributed by atoms with Gasteiger partial charge >= 0.3 is 0 Å². The van der Waals surface area contributed by atoms with Crippen LogP contribution in [0.2, 0.25) is 0 Å². The summed E-state index contributed by atoms with van der Waals surface area (Å²) in [6.07, 6.45) is 4.71. The Labute approximate surface area is 189 Å². The Bertz CT molecular complexity index is 1050. The molecule has 3 heterocycles. The Kier molecular flexibility index (Phi) is 5.37. The van der Waals surface area contributed by atoms with E-state index >= 15 is 0 Å². The number of carbonyl (C=O) groups excluding carboxylic acids is 1. The van der Waals surface area contributed by atoms with Gasteiger partial charge in [-0.2, -0.15) is 0 Å². The van der Waals surface area contributed by atoms with Crippen molar-refractivity contribution in [2.45, 2.75) is 38.6 Å². The standard InChI is InChI=1S/C25H31N5O2/c1-17-14-18(2)28-24(27-17)29-11-8-25(9-12-29)23(31)30(13-10-26-25)16-20-5-4-19-6-7-21(32-3)15-22(19)20/h5-7,14-15,26H,4,8-13,16H2,1-3H3. The summed E-state index contributed by atoms with van der Waals surface area (Å²) in [5, 5.41) is 3.57. The van der Waals surface area contributed by atoms with Crippen molar-refractivity contribution in [3.8, 4) is 5.75 Å². The molecule has 1 amide bonds. The molecule has 7 heteroatoms. The van der Waals surface area contributed by atoms with Gasteiger partial charge in [0.25, 0.3) is 0 Å². The quantitative estimate of drug-likeness (QED) is 0.799. The molecule has 1 aromatic carbocycles. The summed E-state index contributed by atoms with van der Waals surface area (Å²) in [6.45, 7) is 7.77. The number of anilines is 1. The van der Waals surface area contributed by atoms with Crippen LogP contribution in [0.3, 0.4) is 0 Å². The number of hydrogen-bond acceptors (Lipinski definition) is 6. The third kappa shape index (κ3) is 3.75. The second-order valence-corrected chi connectivity index (χ2v) is 9.13. The van der Waals surface area contributed by atoms with E-state index in [2.05, 4.69) is 38.4 Å². The first-order chi connectivity index (χ1) is 15.5. The smallest absolute Gasteiger partial charge is 0.243 e. The van der Waals surface area contributed by atoms with Crippen molar-refractivity contribution in [3.05, 3.63) is 52.9 Å². The number of nitrogens with one attached hydrogen (secondary N) is 1. The summed E-state index contributed by atoms with van der Waals surface area (Å²) in [5.41, 5.74) is 5.22. The number of hydrogen-bond donors (Lipinski definition) is 1. The summed E-state index contributed by atoms with van der Waals surface area (Å²) in [5.74, 6) is 1.86. The molecule has 1 aliphatic carbocycles. The van der Waals surface area contributed by atoms with Gasteiger partial charge in [-0.1, -0.05) is 12.1 Å².